The number of nitrogens with one attached hydrogen (secondary N) is 1. The summed E-state index contributed by atoms with van der Waals surface area (Å²) in [6, 6.07) is 7.10. The Kier molecular flexibility index (Phi) is 4.53. The standard InChI is InChI=1S/C12H15NO2S2/c1-9-8-16-12(17-9)7-6-10-4-2-3-5-11(10)13(14)15/h2-7,9,12-14H,8H2,1H3/t9-,12+/m1/s1. The summed E-state index contributed by atoms with van der Waals surface area (Å²) >= 11 is 3.84. The van der Waals surface area contributed by atoms with E-state index in [0.717, 1.165) is 5.56 Å². The molecule has 1 aliphatic heterocycles. The van der Waals surface area contributed by atoms with Crippen LogP contribution in [0.4, 0.5) is 5.69 Å². The molecule has 5 heteroatoms. The number of hydrogen-bond donors (Lipinski definition) is 2. The first-order valence-corrected chi connectivity index (χ1v) is 7.43. The van der Waals surface area contributed by atoms with Gasteiger partial charge in [0.15, 0.2) is 5.69 Å². The molecule has 0 spiro atoms. The SMILES string of the molecule is C[C@@H]1CS[C@H](C=Cc2ccccc2[NH+]([O-])O)S1. The lowest BCUT2D eigenvalue weighted by atomic mass is 10.1. The third kappa shape index (κ3) is 3.50. The summed E-state index contributed by atoms with van der Waals surface area (Å²) in [6.45, 7) is 2.22. The van der Waals surface area contributed by atoms with Gasteiger partial charge in [-0.05, 0) is 6.07 Å². The maximum absolute atomic E-state index is 11.0. The van der Waals surface area contributed by atoms with E-state index in [4.69, 9.17) is 5.21 Å². The minimum absolute atomic E-state index is 0.366. The molecule has 2 N–H and O–H groups in total. The van der Waals surface area contributed by atoms with Gasteiger partial charge in [0.2, 0.25) is 0 Å². The van der Waals surface area contributed by atoms with Crippen LogP contribution in [0.15, 0.2) is 30.3 Å². The molecule has 1 aliphatic rings. The van der Waals surface area contributed by atoms with Crippen molar-refractivity contribution < 1.29 is 10.4 Å². The number of benzene rings is 1. The average molecular weight is 269 g/mol. The van der Waals surface area contributed by atoms with Crippen molar-refractivity contribution in [1.82, 2.24) is 0 Å². The zero-order chi connectivity index (χ0) is 12.3. The van der Waals surface area contributed by atoms with Gasteiger partial charge < -0.3 is 5.21 Å². The summed E-state index contributed by atoms with van der Waals surface area (Å²) in [5, 5.41) is 19.9. The van der Waals surface area contributed by atoms with Crippen LogP contribution in [0, 0.1) is 5.21 Å². The molecule has 0 bridgehead atoms. The fourth-order valence-corrected chi connectivity index (χ4v) is 4.60. The van der Waals surface area contributed by atoms with Crippen LogP contribution in [0.3, 0.4) is 0 Å². The number of thioether (sulfide) groups is 2. The van der Waals surface area contributed by atoms with Gasteiger partial charge in [0, 0.05) is 22.6 Å². The van der Waals surface area contributed by atoms with E-state index in [2.05, 4.69) is 13.0 Å². The van der Waals surface area contributed by atoms with E-state index in [1.165, 1.54) is 5.75 Å². The largest absolute Gasteiger partial charge is 0.595 e. The summed E-state index contributed by atoms with van der Waals surface area (Å²) in [5.41, 5.74) is 1.14. The molecular formula is C12H15NO2S2. The predicted molar refractivity (Wildman–Crippen MR) is 74.6 cm³/mol. The molecule has 0 aliphatic carbocycles. The molecular weight excluding hydrogens is 254 g/mol. The highest BCUT2D eigenvalue weighted by Crippen LogP contribution is 2.38. The van der Waals surface area contributed by atoms with Crippen LogP contribution in [0.1, 0.15) is 12.5 Å². The Labute approximate surface area is 109 Å². The summed E-state index contributed by atoms with van der Waals surface area (Å²) in [7, 11) is 0. The third-order valence-corrected chi connectivity index (χ3v) is 5.67. The maximum Gasteiger partial charge on any atom is 0.171 e. The smallest absolute Gasteiger partial charge is 0.171 e. The van der Waals surface area contributed by atoms with Crippen molar-refractivity contribution in [2.24, 2.45) is 0 Å². The Morgan fingerprint density at radius 2 is 2.24 bits per heavy atom. The molecule has 3 nitrogen and oxygen atoms in total. The van der Waals surface area contributed by atoms with Crippen LogP contribution in [0.2, 0.25) is 0 Å². The second-order valence-electron chi connectivity index (χ2n) is 3.90. The van der Waals surface area contributed by atoms with Crippen molar-refractivity contribution in [1.29, 1.82) is 0 Å². The number of para-hydroxylation sites is 1. The predicted octanol–water partition coefficient (Wildman–Crippen LogP) is 2.30. The Bertz CT molecular complexity index is 409. The first-order chi connectivity index (χ1) is 8.16. The summed E-state index contributed by atoms with van der Waals surface area (Å²) in [6.07, 6.45) is 4.02. The van der Waals surface area contributed by atoms with Crippen LogP contribution in [0.5, 0.6) is 0 Å². The second kappa shape index (κ2) is 5.93. The number of hydrogen-bond acceptors (Lipinski definition) is 4. The van der Waals surface area contributed by atoms with Crippen molar-refractivity contribution in [3.8, 4) is 0 Å². The summed E-state index contributed by atoms with van der Waals surface area (Å²) in [4.78, 5) is 0. The quantitative estimate of drug-likeness (QED) is 0.827. The Hall–Kier alpha value is -0.460. The normalized spacial score (nSPS) is 26.5. The Morgan fingerprint density at radius 1 is 1.47 bits per heavy atom. The molecule has 1 fully saturated rings. The minimum atomic E-state index is -0.870. The highest BCUT2D eigenvalue weighted by atomic mass is 32.2. The molecule has 0 amide bonds. The molecule has 3 atom stereocenters. The first-order valence-electron chi connectivity index (χ1n) is 5.44. The molecule has 0 aromatic heterocycles. The lowest BCUT2D eigenvalue weighted by Gasteiger charge is -2.13. The molecule has 17 heavy (non-hydrogen) atoms. The van der Waals surface area contributed by atoms with Gasteiger partial charge in [-0.2, -0.15) is 5.23 Å². The van der Waals surface area contributed by atoms with Crippen LogP contribution >= 0.6 is 23.5 Å². The van der Waals surface area contributed by atoms with Crippen LogP contribution < -0.4 is 5.23 Å². The van der Waals surface area contributed by atoms with Gasteiger partial charge in [-0.3, -0.25) is 0 Å². The van der Waals surface area contributed by atoms with Gasteiger partial charge in [0.05, 0.1) is 4.58 Å². The minimum Gasteiger partial charge on any atom is -0.595 e. The molecule has 1 aromatic carbocycles. The van der Waals surface area contributed by atoms with E-state index in [9.17, 15) is 5.21 Å². The van der Waals surface area contributed by atoms with E-state index >= 15 is 0 Å². The molecule has 0 saturated carbocycles. The van der Waals surface area contributed by atoms with Crippen LogP contribution in [0.25, 0.3) is 6.08 Å². The van der Waals surface area contributed by atoms with E-state index in [-0.39, 0.29) is 0 Å². The zero-order valence-electron chi connectivity index (χ0n) is 9.50. The van der Waals surface area contributed by atoms with Gasteiger partial charge in [-0.15, -0.1) is 23.5 Å². The monoisotopic (exact) mass is 269 g/mol. The zero-order valence-corrected chi connectivity index (χ0v) is 11.1. The van der Waals surface area contributed by atoms with Crippen molar-refractivity contribution in [3.63, 3.8) is 0 Å². The van der Waals surface area contributed by atoms with E-state index in [1.54, 1.807) is 12.1 Å². The van der Waals surface area contributed by atoms with E-state index in [0.29, 0.717) is 15.5 Å². The Balaban J connectivity index is 2.10. The number of rotatable bonds is 3. The molecule has 2 rings (SSSR count). The van der Waals surface area contributed by atoms with Gasteiger partial charge >= 0.3 is 0 Å². The van der Waals surface area contributed by atoms with Gasteiger partial charge in [0.25, 0.3) is 0 Å². The van der Waals surface area contributed by atoms with E-state index < -0.39 is 5.23 Å². The fourth-order valence-electron chi connectivity index (χ4n) is 1.66. The fraction of sp³-hybridized carbons (Fsp3) is 0.333. The highest BCUT2D eigenvalue weighted by Gasteiger charge is 2.20. The second-order valence-corrected chi connectivity index (χ2v) is 6.96. The highest BCUT2D eigenvalue weighted by molar-refractivity contribution is 8.20. The molecule has 1 saturated heterocycles. The first kappa shape index (κ1) is 13.0. The summed E-state index contributed by atoms with van der Waals surface area (Å²) < 4.78 is 0.451. The van der Waals surface area contributed by atoms with Crippen molar-refractivity contribution in [2.75, 3.05) is 5.75 Å². The third-order valence-electron chi connectivity index (χ3n) is 2.49. The molecule has 1 unspecified atom stereocenters. The van der Waals surface area contributed by atoms with Gasteiger partial charge in [-0.25, -0.2) is 5.21 Å². The van der Waals surface area contributed by atoms with Gasteiger partial charge in [-0.1, -0.05) is 31.2 Å². The van der Waals surface area contributed by atoms with Crippen molar-refractivity contribution >= 4 is 35.3 Å². The molecule has 92 valence electrons. The molecule has 0 radical (unpaired) electrons. The molecule has 1 heterocycles. The Morgan fingerprint density at radius 3 is 2.88 bits per heavy atom. The van der Waals surface area contributed by atoms with E-state index in [1.807, 2.05) is 41.7 Å². The van der Waals surface area contributed by atoms with Crippen LogP contribution in [-0.2, 0) is 0 Å². The topological polar surface area (TPSA) is 47.7 Å². The van der Waals surface area contributed by atoms with Crippen LogP contribution in [-0.4, -0.2) is 20.8 Å². The summed E-state index contributed by atoms with van der Waals surface area (Å²) in [5.74, 6) is 1.17. The van der Waals surface area contributed by atoms with Gasteiger partial charge in [0.1, 0.15) is 0 Å². The number of quaternary nitrogens is 1. The van der Waals surface area contributed by atoms with Crippen molar-refractivity contribution in [2.45, 2.75) is 16.8 Å². The lowest BCUT2D eigenvalue weighted by Crippen LogP contribution is -2.99. The lowest BCUT2D eigenvalue weighted by molar-refractivity contribution is -0.991. The van der Waals surface area contributed by atoms with Crippen molar-refractivity contribution in [3.05, 3.63) is 41.1 Å². The maximum atomic E-state index is 11.0. The average Bonchev–Trinajstić information content (AvgIpc) is 2.73. The molecule has 1 aromatic rings.